The van der Waals surface area contributed by atoms with Gasteiger partial charge >= 0.3 is 0 Å². The first-order valence-corrected chi connectivity index (χ1v) is 1.20. The molecule has 0 amide bonds. The van der Waals surface area contributed by atoms with E-state index < -0.39 is 12.4 Å². The topological polar surface area (TPSA) is 39.8 Å². The van der Waals surface area contributed by atoms with Crippen LogP contribution in [0.2, 0.25) is 0 Å². The summed E-state index contributed by atoms with van der Waals surface area (Å²) in [7, 11) is 0. The van der Waals surface area contributed by atoms with Crippen molar-refractivity contribution in [3.63, 3.8) is 0 Å². The van der Waals surface area contributed by atoms with Crippen LogP contribution in [0.3, 0.4) is 0 Å². The van der Waals surface area contributed by atoms with Crippen molar-refractivity contribution in [2.24, 2.45) is 0 Å². The third-order valence-corrected chi connectivity index (χ3v) is 0.161. The highest BCUT2D eigenvalue weighted by Gasteiger charge is 1.79. The van der Waals surface area contributed by atoms with Crippen molar-refractivity contribution < 1.29 is 10.2 Å². The lowest BCUT2D eigenvalue weighted by Gasteiger charge is -1.70. The van der Waals surface area contributed by atoms with E-state index in [9.17, 15) is 10.2 Å². The minimum absolute atomic E-state index is 0.551. The Morgan fingerprint density at radius 3 is 2.00 bits per heavy atom. The van der Waals surface area contributed by atoms with Gasteiger partial charge in [-0.15, -0.1) is 0 Å². The highest BCUT2D eigenvalue weighted by Crippen LogP contribution is 1.73. The molecule has 0 heterocycles. The second-order valence-corrected chi connectivity index (χ2v) is 0.683. The molecule has 0 saturated heterocycles. The summed E-state index contributed by atoms with van der Waals surface area (Å²) in [5.41, 5.74) is 0. The van der Waals surface area contributed by atoms with Crippen LogP contribution in [0.15, 0.2) is 12.3 Å². The molecule has 0 bridgehead atoms. The molecular formula is C3H4O2. The molecule has 0 aromatic rings. The lowest BCUT2D eigenvalue weighted by atomic mass is 10.6. The zero-order valence-electron chi connectivity index (χ0n) is 2.73. The van der Waals surface area contributed by atoms with Crippen molar-refractivity contribution in [2.45, 2.75) is 0 Å². The third-order valence-electron chi connectivity index (χ3n) is 0.161. The summed E-state index contributed by atoms with van der Waals surface area (Å²) < 4.78 is 0. The molecule has 0 N–H and O–H groups in total. The molecule has 0 saturated carbocycles. The van der Waals surface area contributed by atoms with Gasteiger partial charge in [-0.3, -0.25) is 5.11 Å². The Bertz CT molecular complexity index is 40.2. The summed E-state index contributed by atoms with van der Waals surface area (Å²) >= 11 is 0. The standard InChI is InChI=1S/C3H4O2/c1-3(5)2-4/h1-2H2. The fourth-order valence-electron chi connectivity index (χ4n) is 0. The second-order valence-electron chi connectivity index (χ2n) is 0.683. The van der Waals surface area contributed by atoms with Crippen LogP contribution < -0.4 is 0 Å². The summed E-state index contributed by atoms with van der Waals surface area (Å²) in [6.45, 7) is 2.11. The minimum Gasteiger partial charge on any atom is -0.293 e. The van der Waals surface area contributed by atoms with Crippen LogP contribution in [0.25, 0.3) is 0 Å². The summed E-state index contributed by atoms with van der Waals surface area (Å²) in [5.74, 6) is -0.551. The third kappa shape index (κ3) is 3.50. The number of hydrogen-bond donors (Lipinski definition) is 0. The Morgan fingerprint density at radius 2 is 2.00 bits per heavy atom. The van der Waals surface area contributed by atoms with E-state index >= 15 is 0 Å². The molecule has 0 fully saturated rings. The molecule has 2 radical (unpaired) electrons. The Morgan fingerprint density at radius 1 is 1.80 bits per heavy atom. The van der Waals surface area contributed by atoms with E-state index in [1.165, 1.54) is 0 Å². The zero-order chi connectivity index (χ0) is 4.28. The molecule has 0 aromatic heterocycles. The zero-order valence-corrected chi connectivity index (χ0v) is 2.73. The van der Waals surface area contributed by atoms with E-state index in [-0.39, 0.29) is 0 Å². The van der Waals surface area contributed by atoms with Gasteiger partial charge in [0.25, 0.3) is 0 Å². The molecule has 0 unspecified atom stereocenters. The number of hydrogen-bond acceptors (Lipinski definition) is 0. The van der Waals surface area contributed by atoms with Crippen molar-refractivity contribution in [3.8, 4) is 0 Å². The Kier molecular flexibility index (Phi) is 1.61. The van der Waals surface area contributed by atoms with Gasteiger partial charge in [-0.1, -0.05) is 6.58 Å². The van der Waals surface area contributed by atoms with E-state index in [0.29, 0.717) is 0 Å². The molecule has 2 heteroatoms. The smallest absolute Gasteiger partial charge is 0.177 e. The average molecular weight is 72.1 g/mol. The maximum absolute atomic E-state index is 9.39. The van der Waals surface area contributed by atoms with Gasteiger partial charge in [0.1, 0.15) is 6.61 Å². The van der Waals surface area contributed by atoms with Crippen molar-refractivity contribution in [2.75, 3.05) is 6.61 Å². The second kappa shape index (κ2) is 1.79. The Hall–Kier alpha value is -0.500. The van der Waals surface area contributed by atoms with Gasteiger partial charge in [0, 0.05) is 0 Å². The first kappa shape index (κ1) is 4.50. The monoisotopic (exact) mass is 72.0 g/mol. The quantitative estimate of drug-likeness (QED) is 0.401. The largest absolute Gasteiger partial charge is 0.293 e. The maximum atomic E-state index is 9.39. The average Bonchev–Trinajstić information content (AvgIpc) is 1.38. The van der Waals surface area contributed by atoms with E-state index in [2.05, 4.69) is 6.58 Å². The van der Waals surface area contributed by atoms with Crippen LogP contribution in [0, 0.1) is 0 Å². The minimum atomic E-state index is -0.694. The summed E-state index contributed by atoms with van der Waals surface area (Å²) in [5, 5.41) is 18.6. The van der Waals surface area contributed by atoms with Crippen molar-refractivity contribution >= 4 is 0 Å². The molecule has 28 valence electrons. The van der Waals surface area contributed by atoms with Gasteiger partial charge in [-0.2, -0.15) is 0 Å². The van der Waals surface area contributed by atoms with Crippen LogP contribution in [-0.2, 0) is 10.2 Å². The molecule has 0 aliphatic carbocycles. The SMILES string of the molecule is C=C([O])C[O]. The van der Waals surface area contributed by atoms with Gasteiger partial charge in [0.15, 0.2) is 5.76 Å². The van der Waals surface area contributed by atoms with Gasteiger partial charge in [-0.05, 0) is 0 Å². The molecule has 0 aliphatic rings. The summed E-state index contributed by atoms with van der Waals surface area (Å²) in [4.78, 5) is 0. The van der Waals surface area contributed by atoms with Gasteiger partial charge in [0.05, 0.1) is 0 Å². The molecular weight excluding hydrogens is 68.0 g/mol. The predicted octanol–water partition coefficient (Wildman–Crippen LogP) is 0.361. The first-order chi connectivity index (χ1) is 2.27. The molecule has 0 atom stereocenters. The summed E-state index contributed by atoms with van der Waals surface area (Å²) in [6.07, 6.45) is 0. The van der Waals surface area contributed by atoms with Crippen molar-refractivity contribution in [3.05, 3.63) is 12.3 Å². The fraction of sp³-hybridized carbons (Fsp3) is 0.333. The van der Waals surface area contributed by atoms with Crippen molar-refractivity contribution in [1.29, 1.82) is 0 Å². The maximum Gasteiger partial charge on any atom is 0.177 e. The lowest BCUT2D eigenvalue weighted by molar-refractivity contribution is 0.150. The van der Waals surface area contributed by atoms with Gasteiger partial charge < -0.3 is 0 Å². The highest BCUT2D eigenvalue weighted by atomic mass is 16.3. The normalized spacial score (nSPS) is 7.40. The summed E-state index contributed by atoms with van der Waals surface area (Å²) in [6, 6.07) is 0. The molecule has 5 heavy (non-hydrogen) atoms. The first-order valence-electron chi connectivity index (χ1n) is 1.20. The molecule has 0 aromatic carbocycles. The van der Waals surface area contributed by atoms with E-state index in [1.807, 2.05) is 0 Å². The van der Waals surface area contributed by atoms with Gasteiger partial charge in [-0.25, -0.2) is 5.11 Å². The lowest BCUT2D eigenvalue weighted by Crippen LogP contribution is -1.76. The van der Waals surface area contributed by atoms with Crippen LogP contribution in [0.1, 0.15) is 0 Å². The molecule has 0 aliphatic heterocycles. The van der Waals surface area contributed by atoms with Crippen LogP contribution in [0.4, 0.5) is 0 Å². The van der Waals surface area contributed by atoms with Crippen molar-refractivity contribution in [1.82, 2.24) is 0 Å². The highest BCUT2D eigenvalue weighted by molar-refractivity contribution is 4.74. The van der Waals surface area contributed by atoms with E-state index in [4.69, 9.17) is 0 Å². The molecule has 0 rings (SSSR count). The van der Waals surface area contributed by atoms with E-state index in [1.54, 1.807) is 0 Å². The Labute approximate surface area is 30.4 Å². The van der Waals surface area contributed by atoms with Gasteiger partial charge in [0.2, 0.25) is 0 Å². The molecule has 2 nitrogen and oxygen atoms in total. The number of rotatable bonds is 1. The van der Waals surface area contributed by atoms with E-state index in [0.717, 1.165) is 0 Å². The van der Waals surface area contributed by atoms with Crippen LogP contribution in [-0.4, -0.2) is 6.61 Å². The Balaban J connectivity index is 2.85. The molecule has 0 spiro atoms. The van der Waals surface area contributed by atoms with Crippen LogP contribution >= 0.6 is 0 Å². The van der Waals surface area contributed by atoms with Crippen LogP contribution in [0.5, 0.6) is 0 Å². The predicted molar refractivity (Wildman–Crippen MR) is 15.4 cm³/mol. The fourth-order valence-corrected chi connectivity index (χ4v) is 0.